The van der Waals surface area contributed by atoms with Crippen LogP contribution < -0.4 is 4.90 Å². The van der Waals surface area contributed by atoms with Crippen molar-refractivity contribution in [3.8, 4) is 11.3 Å². The molecular formula is C24H20N2O7. The monoisotopic (exact) mass is 448 g/mol. The Morgan fingerprint density at radius 2 is 1.70 bits per heavy atom. The van der Waals surface area contributed by atoms with Crippen molar-refractivity contribution in [1.29, 1.82) is 0 Å². The molecule has 1 N–H and O–H groups in total. The minimum atomic E-state index is -1.04. The molecule has 0 unspecified atom stereocenters. The smallest absolute Gasteiger partial charge is 0.355 e. The number of hydrogen-bond acceptors (Lipinski definition) is 8. The van der Waals surface area contributed by atoms with Gasteiger partial charge in [0.05, 0.1) is 43.2 Å². The number of para-hydroxylation sites is 1. The molecule has 0 saturated carbocycles. The number of aromatic nitrogens is 1. The van der Waals surface area contributed by atoms with E-state index in [1.807, 2.05) is 0 Å². The first-order valence-electron chi connectivity index (χ1n) is 9.93. The maximum absolute atomic E-state index is 12.4. The second-order valence-corrected chi connectivity index (χ2v) is 7.14. The third kappa shape index (κ3) is 4.13. The van der Waals surface area contributed by atoms with Gasteiger partial charge in [-0.2, -0.15) is 0 Å². The third-order valence-corrected chi connectivity index (χ3v) is 5.25. The standard InChI is InChI=1S/C24H20N2O7/c1-31-23(29)18-12-33-13-26(21(18)24(30)32-2)15-9-7-14(8-10-15)20-11-17(22(27)28)16-5-3-4-6-19(16)25-20/h3-11H,12-13H2,1-2H3,(H,27,28). The van der Waals surface area contributed by atoms with Crippen molar-refractivity contribution < 1.29 is 33.7 Å². The Bertz CT molecular complexity index is 1280. The molecule has 0 aliphatic carbocycles. The van der Waals surface area contributed by atoms with Gasteiger partial charge in [-0.05, 0) is 24.3 Å². The molecule has 0 radical (unpaired) electrons. The van der Waals surface area contributed by atoms with Gasteiger partial charge in [0.15, 0.2) is 0 Å². The summed E-state index contributed by atoms with van der Waals surface area (Å²) in [6.45, 7) is -0.0493. The van der Waals surface area contributed by atoms with Crippen molar-refractivity contribution in [3.05, 3.63) is 71.4 Å². The van der Waals surface area contributed by atoms with Crippen LogP contribution in [0.2, 0.25) is 0 Å². The number of aromatic carboxylic acids is 1. The minimum Gasteiger partial charge on any atom is -0.478 e. The van der Waals surface area contributed by atoms with Crippen molar-refractivity contribution in [2.45, 2.75) is 0 Å². The number of carboxylic acid groups (broad SMARTS) is 1. The number of esters is 2. The van der Waals surface area contributed by atoms with E-state index in [4.69, 9.17) is 14.2 Å². The summed E-state index contributed by atoms with van der Waals surface area (Å²) in [6, 6.07) is 15.5. The number of pyridine rings is 1. The molecule has 1 aromatic heterocycles. The first kappa shape index (κ1) is 22.0. The Kier molecular flexibility index (Phi) is 6.05. The van der Waals surface area contributed by atoms with Crippen LogP contribution >= 0.6 is 0 Å². The van der Waals surface area contributed by atoms with Gasteiger partial charge in [-0.25, -0.2) is 19.4 Å². The zero-order valence-electron chi connectivity index (χ0n) is 17.9. The van der Waals surface area contributed by atoms with Crippen LogP contribution in [0.4, 0.5) is 5.69 Å². The molecule has 3 aromatic rings. The number of methoxy groups -OCH3 is 2. The number of benzene rings is 2. The lowest BCUT2D eigenvalue weighted by molar-refractivity contribution is -0.140. The van der Waals surface area contributed by atoms with E-state index in [0.717, 1.165) is 0 Å². The Hall–Kier alpha value is -4.24. The van der Waals surface area contributed by atoms with Gasteiger partial charge in [-0.3, -0.25) is 0 Å². The minimum absolute atomic E-state index is 0.0294. The van der Waals surface area contributed by atoms with Crippen LogP contribution in [0, 0.1) is 0 Å². The third-order valence-electron chi connectivity index (χ3n) is 5.25. The number of carbonyl (C=O) groups excluding carboxylic acids is 2. The lowest BCUT2D eigenvalue weighted by Crippen LogP contribution is -2.38. The van der Waals surface area contributed by atoms with Crippen molar-refractivity contribution in [2.24, 2.45) is 0 Å². The van der Waals surface area contributed by atoms with E-state index >= 15 is 0 Å². The summed E-state index contributed by atoms with van der Waals surface area (Å²) in [6.07, 6.45) is 0. The Balaban J connectivity index is 1.75. The highest BCUT2D eigenvalue weighted by molar-refractivity contribution is 6.04. The van der Waals surface area contributed by atoms with Crippen molar-refractivity contribution in [3.63, 3.8) is 0 Å². The zero-order chi connectivity index (χ0) is 23.5. The highest BCUT2D eigenvalue weighted by Crippen LogP contribution is 2.30. The molecule has 1 aliphatic rings. The number of nitrogens with zero attached hydrogens (tertiary/aromatic N) is 2. The number of anilines is 1. The van der Waals surface area contributed by atoms with E-state index in [1.165, 1.54) is 25.2 Å². The summed E-state index contributed by atoms with van der Waals surface area (Å²) in [5.74, 6) is -2.41. The fourth-order valence-corrected chi connectivity index (χ4v) is 3.66. The first-order chi connectivity index (χ1) is 15.9. The Labute approximate surface area is 188 Å². The molecule has 168 valence electrons. The van der Waals surface area contributed by atoms with Gasteiger partial charge >= 0.3 is 17.9 Å². The van der Waals surface area contributed by atoms with Crippen molar-refractivity contribution in [1.82, 2.24) is 4.98 Å². The summed E-state index contributed by atoms with van der Waals surface area (Å²) in [5, 5.41) is 10.2. The van der Waals surface area contributed by atoms with E-state index in [9.17, 15) is 19.5 Å². The van der Waals surface area contributed by atoms with Gasteiger partial charge in [0.25, 0.3) is 0 Å². The molecule has 9 nitrogen and oxygen atoms in total. The largest absolute Gasteiger partial charge is 0.478 e. The molecule has 1 aliphatic heterocycles. The SMILES string of the molecule is COC(=O)C1=C(C(=O)OC)N(c2ccc(-c3cc(C(=O)O)c4ccccc4n3)cc2)COC1. The van der Waals surface area contributed by atoms with Crippen LogP contribution in [0.1, 0.15) is 10.4 Å². The molecule has 0 atom stereocenters. The van der Waals surface area contributed by atoms with E-state index < -0.39 is 17.9 Å². The number of ether oxygens (including phenoxy) is 3. The molecule has 0 amide bonds. The number of fused-ring (bicyclic) bond motifs is 1. The fraction of sp³-hybridized carbons (Fsp3) is 0.167. The average Bonchev–Trinajstić information content (AvgIpc) is 2.86. The number of rotatable bonds is 5. The second kappa shape index (κ2) is 9.09. The summed E-state index contributed by atoms with van der Waals surface area (Å²) >= 11 is 0. The van der Waals surface area contributed by atoms with E-state index in [1.54, 1.807) is 48.5 Å². The van der Waals surface area contributed by atoms with Crippen molar-refractivity contribution in [2.75, 3.05) is 32.5 Å². The molecule has 0 spiro atoms. The quantitative estimate of drug-likeness (QED) is 0.588. The Morgan fingerprint density at radius 3 is 2.36 bits per heavy atom. The number of carboxylic acids is 1. The second-order valence-electron chi connectivity index (χ2n) is 7.14. The molecule has 4 rings (SSSR count). The van der Waals surface area contributed by atoms with Crippen LogP contribution in [0.5, 0.6) is 0 Å². The predicted molar refractivity (Wildman–Crippen MR) is 118 cm³/mol. The average molecular weight is 448 g/mol. The van der Waals surface area contributed by atoms with Gasteiger partial charge in [-0.1, -0.05) is 30.3 Å². The molecule has 2 heterocycles. The molecule has 0 saturated heterocycles. The normalized spacial score (nSPS) is 13.7. The van der Waals surface area contributed by atoms with Gasteiger partial charge < -0.3 is 24.2 Å². The van der Waals surface area contributed by atoms with Crippen LogP contribution in [-0.2, 0) is 23.8 Å². The maximum Gasteiger partial charge on any atom is 0.355 e. The van der Waals surface area contributed by atoms with Crippen LogP contribution in [0.15, 0.2) is 65.9 Å². The summed E-state index contributed by atoms with van der Waals surface area (Å²) in [4.78, 5) is 42.5. The van der Waals surface area contributed by atoms with Crippen molar-refractivity contribution >= 4 is 34.5 Å². The van der Waals surface area contributed by atoms with Gasteiger partial charge in [-0.15, -0.1) is 0 Å². The Morgan fingerprint density at radius 1 is 1.00 bits per heavy atom. The van der Waals surface area contributed by atoms with E-state index in [0.29, 0.717) is 27.8 Å². The van der Waals surface area contributed by atoms with Gasteiger partial charge in [0.1, 0.15) is 12.4 Å². The first-order valence-corrected chi connectivity index (χ1v) is 9.93. The van der Waals surface area contributed by atoms with Crippen LogP contribution in [-0.4, -0.2) is 55.6 Å². The lowest BCUT2D eigenvalue weighted by atomic mass is 10.0. The summed E-state index contributed by atoms with van der Waals surface area (Å²) in [7, 11) is 2.45. The van der Waals surface area contributed by atoms with E-state index in [-0.39, 0.29) is 30.2 Å². The molecule has 33 heavy (non-hydrogen) atoms. The highest BCUT2D eigenvalue weighted by Gasteiger charge is 2.32. The summed E-state index contributed by atoms with van der Waals surface area (Å²) < 4.78 is 15.1. The molecule has 2 aromatic carbocycles. The highest BCUT2D eigenvalue weighted by atomic mass is 16.5. The number of carbonyl (C=O) groups is 3. The molecular weight excluding hydrogens is 428 g/mol. The fourth-order valence-electron chi connectivity index (χ4n) is 3.66. The lowest BCUT2D eigenvalue weighted by Gasteiger charge is -2.31. The van der Waals surface area contributed by atoms with Gasteiger partial charge in [0, 0.05) is 16.6 Å². The van der Waals surface area contributed by atoms with Gasteiger partial charge in [0.2, 0.25) is 0 Å². The van der Waals surface area contributed by atoms with Crippen LogP contribution in [0.25, 0.3) is 22.2 Å². The van der Waals surface area contributed by atoms with E-state index in [2.05, 4.69) is 4.98 Å². The summed E-state index contributed by atoms with van der Waals surface area (Å²) in [5.41, 5.74) is 2.57. The topological polar surface area (TPSA) is 115 Å². The molecule has 9 heteroatoms. The molecule has 0 bridgehead atoms. The maximum atomic E-state index is 12.4. The predicted octanol–water partition coefficient (Wildman–Crippen LogP) is 2.99. The number of hydrogen-bond donors (Lipinski definition) is 1. The van der Waals surface area contributed by atoms with Crippen LogP contribution in [0.3, 0.4) is 0 Å². The zero-order valence-corrected chi connectivity index (χ0v) is 17.9. The molecule has 0 fully saturated rings.